The van der Waals surface area contributed by atoms with E-state index in [0.717, 1.165) is 45.0 Å². The summed E-state index contributed by atoms with van der Waals surface area (Å²) < 4.78 is 0. The molecule has 0 bridgehead atoms. The van der Waals surface area contributed by atoms with Crippen molar-refractivity contribution in [1.82, 2.24) is 10.2 Å². The minimum Gasteiger partial charge on any atom is -0.355 e. The van der Waals surface area contributed by atoms with Crippen LogP contribution in [0.5, 0.6) is 0 Å². The number of amides is 1. The largest absolute Gasteiger partial charge is 0.355 e. The van der Waals surface area contributed by atoms with Gasteiger partial charge in [-0.15, -0.1) is 24.0 Å². The second kappa shape index (κ2) is 11.2. The van der Waals surface area contributed by atoms with E-state index >= 15 is 0 Å². The summed E-state index contributed by atoms with van der Waals surface area (Å²) in [5.74, 6) is 2.04. The monoisotopic (exact) mass is 546 g/mol. The van der Waals surface area contributed by atoms with Crippen LogP contribution in [0.2, 0.25) is 0 Å². The normalized spacial score (nSPS) is 19.0. The number of likely N-dealkylation sites (tertiary alicyclic amines) is 1. The van der Waals surface area contributed by atoms with E-state index in [4.69, 9.17) is 0 Å². The van der Waals surface area contributed by atoms with Gasteiger partial charge in [0, 0.05) is 51.3 Å². The van der Waals surface area contributed by atoms with Gasteiger partial charge < -0.3 is 15.1 Å². The van der Waals surface area contributed by atoms with Crippen LogP contribution in [0.25, 0.3) is 0 Å². The summed E-state index contributed by atoms with van der Waals surface area (Å²) in [5.41, 5.74) is 5.22. The summed E-state index contributed by atoms with van der Waals surface area (Å²) in [4.78, 5) is 21.0. The molecule has 1 amide bonds. The molecule has 0 aromatic heterocycles. The third-order valence-corrected chi connectivity index (χ3v) is 6.67. The third kappa shape index (κ3) is 5.45. The molecule has 172 valence electrons. The number of fused-ring (bicyclic) bond motifs is 1. The fourth-order valence-electron chi connectivity index (χ4n) is 4.75. The Morgan fingerprint density at radius 3 is 2.62 bits per heavy atom. The molecule has 2 atom stereocenters. The fraction of sp³-hybridized carbons (Fsp3) is 0.462. The maximum atomic E-state index is 12.0. The minimum atomic E-state index is 0. The summed E-state index contributed by atoms with van der Waals surface area (Å²) in [6.07, 6.45) is 2.71. The number of guanidine groups is 1. The topological polar surface area (TPSA) is 47.9 Å². The van der Waals surface area contributed by atoms with Gasteiger partial charge in [0.2, 0.25) is 5.91 Å². The van der Waals surface area contributed by atoms with Crippen LogP contribution in [-0.4, -0.2) is 50.0 Å². The average molecular weight is 546 g/mol. The van der Waals surface area contributed by atoms with E-state index in [-0.39, 0.29) is 24.0 Å². The number of para-hydroxylation sites is 1. The Bertz CT molecular complexity index is 943. The van der Waals surface area contributed by atoms with Crippen molar-refractivity contribution in [2.45, 2.75) is 44.9 Å². The molecular formula is C26H35IN4O. The Morgan fingerprint density at radius 2 is 1.94 bits per heavy atom. The van der Waals surface area contributed by atoms with Gasteiger partial charge in [-0.25, -0.2) is 0 Å². The maximum absolute atomic E-state index is 12.0. The van der Waals surface area contributed by atoms with Crippen molar-refractivity contribution in [2.24, 2.45) is 4.99 Å². The first kappa shape index (κ1) is 24.6. The van der Waals surface area contributed by atoms with Crippen LogP contribution in [0.1, 0.15) is 54.7 Å². The van der Waals surface area contributed by atoms with Crippen LogP contribution in [0.3, 0.4) is 0 Å². The Morgan fingerprint density at radius 1 is 1.19 bits per heavy atom. The molecule has 1 N–H and O–H groups in total. The molecule has 2 aliphatic rings. The highest BCUT2D eigenvalue weighted by Crippen LogP contribution is 2.38. The highest BCUT2D eigenvalue weighted by atomic mass is 127. The van der Waals surface area contributed by atoms with E-state index in [0.29, 0.717) is 24.2 Å². The molecule has 0 aliphatic carbocycles. The van der Waals surface area contributed by atoms with Gasteiger partial charge in [0.15, 0.2) is 5.96 Å². The zero-order chi connectivity index (χ0) is 21.8. The average Bonchev–Trinajstić information content (AvgIpc) is 3.36. The van der Waals surface area contributed by atoms with Gasteiger partial charge in [-0.1, -0.05) is 55.0 Å². The molecule has 1 saturated heterocycles. The molecule has 1 fully saturated rings. The van der Waals surface area contributed by atoms with E-state index in [2.05, 4.69) is 77.6 Å². The molecule has 0 radical (unpaired) electrons. The Balaban J connectivity index is 0.00000289. The Labute approximate surface area is 209 Å². The smallest absolute Gasteiger partial charge is 0.222 e. The van der Waals surface area contributed by atoms with Crippen LogP contribution < -0.4 is 10.2 Å². The molecular weight excluding hydrogens is 511 g/mol. The van der Waals surface area contributed by atoms with Gasteiger partial charge in [0.25, 0.3) is 0 Å². The number of carbonyl (C=O) groups excluding carboxylic acids is 1. The lowest BCUT2D eigenvalue weighted by molar-refractivity contribution is -0.127. The van der Waals surface area contributed by atoms with Crippen LogP contribution in [-0.2, 0) is 4.79 Å². The van der Waals surface area contributed by atoms with Gasteiger partial charge in [-0.3, -0.25) is 9.79 Å². The van der Waals surface area contributed by atoms with Gasteiger partial charge in [0.1, 0.15) is 0 Å². The zero-order valence-electron chi connectivity index (χ0n) is 19.4. The number of halogens is 1. The third-order valence-electron chi connectivity index (χ3n) is 6.67. The first-order valence-electron chi connectivity index (χ1n) is 11.5. The van der Waals surface area contributed by atoms with Gasteiger partial charge >= 0.3 is 0 Å². The maximum Gasteiger partial charge on any atom is 0.222 e. The van der Waals surface area contributed by atoms with Crippen LogP contribution in [0.4, 0.5) is 5.69 Å². The Hall–Kier alpha value is -2.09. The van der Waals surface area contributed by atoms with E-state index < -0.39 is 0 Å². The number of aryl methyl sites for hydroxylation is 1. The van der Waals surface area contributed by atoms with Gasteiger partial charge in [-0.05, 0) is 42.9 Å². The van der Waals surface area contributed by atoms with E-state index in [1.165, 1.54) is 22.4 Å². The molecule has 0 spiro atoms. The molecule has 2 aromatic carbocycles. The molecule has 5 nitrogen and oxygen atoms in total. The summed E-state index contributed by atoms with van der Waals surface area (Å²) in [6.45, 7) is 7.87. The number of hydrogen-bond donors (Lipinski definition) is 1. The van der Waals surface area contributed by atoms with Crippen molar-refractivity contribution in [2.75, 3.05) is 38.1 Å². The van der Waals surface area contributed by atoms with Crippen molar-refractivity contribution in [3.05, 3.63) is 65.2 Å². The highest BCUT2D eigenvalue weighted by Gasteiger charge is 2.32. The van der Waals surface area contributed by atoms with Crippen molar-refractivity contribution in [3.8, 4) is 0 Å². The van der Waals surface area contributed by atoms with Crippen molar-refractivity contribution >= 4 is 41.5 Å². The van der Waals surface area contributed by atoms with Crippen molar-refractivity contribution in [3.63, 3.8) is 0 Å². The first-order valence-corrected chi connectivity index (χ1v) is 11.5. The van der Waals surface area contributed by atoms with E-state index in [9.17, 15) is 4.79 Å². The lowest BCUT2D eigenvalue weighted by Crippen LogP contribution is -2.42. The predicted octanol–water partition coefficient (Wildman–Crippen LogP) is 4.91. The highest BCUT2D eigenvalue weighted by molar-refractivity contribution is 14.0. The van der Waals surface area contributed by atoms with E-state index in [1.807, 2.05) is 11.9 Å². The molecule has 4 rings (SSSR count). The second-order valence-electron chi connectivity index (χ2n) is 8.88. The quantitative estimate of drug-likeness (QED) is 0.319. The van der Waals surface area contributed by atoms with Crippen molar-refractivity contribution in [1.29, 1.82) is 0 Å². The molecule has 2 unspecified atom stereocenters. The van der Waals surface area contributed by atoms with Crippen LogP contribution >= 0.6 is 24.0 Å². The molecule has 2 aromatic rings. The summed E-state index contributed by atoms with van der Waals surface area (Å²) in [6, 6.07) is 17.4. The molecule has 32 heavy (non-hydrogen) atoms. The van der Waals surface area contributed by atoms with Gasteiger partial charge in [0.05, 0.1) is 0 Å². The fourth-order valence-corrected chi connectivity index (χ4v) is 4.75. The SMILES string of the molecule is CN=C(NCC(C)c1ccc(C)cc1)N1CC(CCN2CCCC2=O)c2ccccc21.I. The van der Waals surface area contributed by atoms with Crippen molar-refractivity contribution < 1.29 is 4.79 Å². The number of nitrogens with zero attached hydrogens (tertiary/aromatic N) is 3. The van der Waals surface area contributed by atoms with Crippen LogP contribution in [0, 0.1) is 6.92 Å². The predicted molar refractivity (Wildman–Crippen MR) is 143 cm³/mol. The number of anilines is 1. The minimum absolute atomic E-state index is 0. The molecule has 2 heterocycles. The summed E-state index contributed by atoms with van der Waals surface area (Å²) in [7, 11) is 1.86. The lowest BCUT2D eigenvalue weighted by atomic mass is 9.98. The number of benzene rings is 2. The molecule has 6 heteroatoms. The standard InChI is InChI=1S/C26H34N4O.HI/c1-19-10-12-21(13-11-19)20(2)17-28-26(27-3)30-18-22(23-7-4-5-8-24(23)30)14-16-29-15-6-9-25(29)31;/h4-5,7-8,10-13,20,22H,6,9,14-18H2,1-3H3,(H,27,28);1H. The molecule has 0 saturated carbocycles. The number of rotatable bonds is 6. The van der Waals surface area contributed by atoms with Crippen LogP contribution in [0.15, 0.2) is 53.5 Å². The number of hydrogen-bond acceptors (Lipinski definition) is 2. The lowest BCUT2D eigenvalue weighted by Gasteiger charge is -2.25. The van der Waals surface area contributed by atoms with E-state index in [1.54, 1.807) is 0 Å². The number of nitrogens with one attached hydrogen (secondary N) is 1. The number of carbonyl (C=O) groups is 1. The van der Waals surface area contributed by atoms with Gasteiger partial charge in [-0.2, -0.15) is 0 Å². The second-order valence-corrected chi connectivity index (χ2v) is 8.88. The first-order chi connectivity index (χ1) is 15.1. The summed E-state index contributed by atoms with van der Waals surface area (Å²) in [5, 5.41) is 3.60. The summed E-state index contributed by atoms with van der Waals surface area (Å²) >= 11 is 0. The Kier molecular flexibility index (Phi) is 8.57. The number of aliphatic imine (C=N–C) groups is 1. The zero-order valence-corrected chi connectivity index (χ0v) is 21.7. The molecule has 2 aliphatic heterocycles.